The molecule has 4 heteroatoms. The monoisotopic (exact) mass is 210 g/mol. The largest absolute Gasteiger partial charge is 0.298 e. The Kier molecular flexibility index (Phi) is 3.83. The second-order valence-electron chi connectivity index (χ2n) is 2.86. The molecule has 0 bridgehead atoms. The molecule has 1 aromatic heterocycles. The number of carbonyl (C=O) groups is 1. The van der Waals surface area contributed by atoms with Crippen molar-refractivity contribution in [3.63, 3.8) is 0 Å². The number of nitrogens with one attached hydrogen (secondary N) is 1. The Hall–Kier alpha value is -1.16. The van der Waals surface area contributed by atoms with E-state index in [1.54, 1.807) is 6.08 Å². The van der Waals surface area contributed by atoms with Crippen molar-refractivity contribution < 1.29 is 4.79 Å². The van der Waals surface area contributed by atoms with Crippen molar-refractivity contribution >= 4 is 22.4 Å². The number of aromatic nitrogens is 1. The van der Waals surface area contributed by atoms with Crippen molar-refractivity contribution in [2.75, 3.05) is 5.32 Å². The van der Waals surface area contributed by atoms with Gasteiger partial charge in [0.25, 0.3) is 0 Å². The Labute approximate surface area is 87.9 Å². The van der Waals surface area contributed by atoms with Gasteiger partial charge in [-0.2, -0.15) is 0 Å². The van der Waals surface area contributed by atoms with E-state index in [-0.39, 0.29) is 5.91 Å². The molecular weight excluding hydrogens is 196 g/mol. The second kappa shape index (κ2) is 4.91. The average Bonchev–Trinajstić information content (AvgIpc) is 2.46. The molecule has 1 amide bonds. The van der Waals surface area contributed by atoms with Gasteiger partial charge in [-0.3, -0.25) is 10.1 Å². The third-order valence-corrected chi connectivity index (χ3v) is 2.70. The minimum absolute atomic E-state index is 0.121. The molecule has 0 aliphatic carbocycles. The van der Waals surface area contributed by atoms with Gasteiger partial charge in [0.15, 0.2) is 5.13 Å². The molecule has 1 N–H and O–H groups in total. The number of rotatable bonds is 3. The Balaban J connectivity index is 2.72. The highest BCUT2D eigenvalue weighted by Crippen LogP contribution is 2.22. The van der Waals surface area contributed by atoms with Gasteiger partial charge >= 0.3 is 0 Å². The van der Waals surface area contributed by atoms with E-state index in [9.17, 15) is 4.79 Å². The van der Waals surface area contributed by atoms with Gasteiger partial charge in [0.2, 0.25) is 5.91 Å². The fourth-order valence-electron chi connectivity index (χ4n) is 1.11. The highest BCUT2D eigenvalue weighted by molar-refractivity contribution is 7.15. The third-order valence-electron chi connectivity index (χ3n) is 1.78. The lowest BCUT2D eigenvalue weighted by molar-refractivity contribution is -0.111. The summed E-state index contributed by atoms with van der Waals surface area (Å²) in [5, 5.41) is 3.40. The smallest absolute Gasteiger partial charge is 0.249 e. The number of hydrogen-bond acceptors (Lipinski definition) is 3. The van der Waals surface area contributed by atoms with Crippen molar-refractivity contribution in [2.24, 2.45) is 0 Å². The van der Waals surface area contributed by atoms with Gasteiger partial charge in [-0.05, 0) is 26.3 Å². The van der Waals surface area contributed by atoms with Crippen LogP contribution in [0.15, 0.2) is 12.2 Å². The summed E-state index contributed by atoms with van der Waals surface area (Å²) in [4.78, 5) is 16.7. The molecule has 76 valence electrons. The zero-order valence-corrected chi connectivity index (χ0v) is 9.44. The summed E-state index contributed by atoms with van der Waals surface area (Å²) in [6.07, 6.45) is 4.10. The van der Waals surface area contributed by atoms with Crippen LogP contribution in [-0.2, 0) is 11.2 Å². The second-order valence-corrected chi connectivity index (χ2v) is 4.07. The van der Waals surface area contributed by atoms with E-state index in [4.69, 9.17) is 0 Å². The maximum Gasteiger partial charge on any atom is 0.249 e. The van der Waals surface area contributed by atoms with Crippen molar-refractivity contribution in [3.8, 4) is 0 Å². The summed E-state index contributed by atoms with van der Waals surface area (Å²) in [6, 6.07) is 0. The number of anilines is 1. The fraction of sp³-hybridized carbons (Fsp3) is 0.400. The quantitative estimate of drug-likeness (QED) is 0.779. The predicted octanol–water partition coefficient (Wildman–Crippen LogP) is 2.53. The summed E-state index contributed by atoms with van der Waals surface area (Å²) in [7, 11) is 0. The summed E-state index contributed by atoms with van der Waals surface area (Å²) < 4.78 is 0. The lowest BCUT2D eigenvalue weighted by Gasteiger charge is -1.93. The molecule has 14 heavy (non-hydrogen) atoms. The molecule has 1 rings (SSSR count). The number of carbonyl (C=O) groups excluding carboxylic acids is 1. The van der Waals surface area contributed by atoms with Gasteiger partial charge in [-0.1, -0.05) is 13.0 Å². The molecule has 1 aromatic rings. The molecule has 0 fully saturated rings. The van der Waals surface area contributed by atoms with Crippen LogP contribution in [0.3, 0.4) is 0 Å². The molecule has 0 aliphatic heterocycles. The highest BCUT2D eigenvalue weighted by Gasteiger charge is 2.06. The van der Waals surface area contributed by atoms with Crippen LogP contribution < -0.4 is 5.32 Å². The lowest BCUT2D eigenvalue weighted by Crippen LogP contribution is -2.07. The first kappa shape index (κ1) is 10.9. The van der Waals surface area contributed by atoms with Crippen molar-refractivity contribution in [1.82, 2.24) is 4.98 Å². The van der Waals surface area contributed by atoms with Crippen molar-refractivity contribution in [3.05, 3.63) is 22.7 Å². The van der Waals surface area contributed by atoms with Crippen molar-refractivity contribution in [1.29, 1.82) is 0 Å². The number of nitrogens with zero attached hydrogens (tertiary/aromatic N) is 1. The van der Waals surface area contributed by atoms with E-state index in [0.717, 1.165) is 12.1 Å². The molecule has 0 aromatic carbocycles. The molecule has 0 saturated heterocycles. The average molecular weight is 210 g/mol. The minimum Gasteiger partial charge on any atom is -0.298 e. The molecular formula is C10H14N2OS. The predicted molar refractivity (Wildman–Crippen MR) is 59.7 cm³/mol. The standard InChI is InChI=1S/C10H14N2OS/c1-4-6-9(13)12-10-11-8(5-2)7(3)14-10/h4,6H,5H2,1-3H3,(H,11,12,13). The van der Waals surface area contributed by atoms with Crippen molar-refractivity contribution in [2.45, 2.75) is 27.2 Å². The van der Waals surface area contributed by atoms with Gasteiger partial charge in [-0.25, -0.2) is 4.98 Å². The van der Waals surface area contributed by atoms with Crippen LogP contribution in [0.2, 0.25) is 0 Å². The third kappa shape index (κ3) is 2.67. The van der Waals surface area contributed by atoms with Crippen LogP contribution in [0.25, 0.3) is 0 Å². The minimum atomic E-state index is -0.121. The lowest BCUT2D eigenvalue weighted by atomic mass is 10.3. The molecule has 0 unspecified atom stereocenters. The van der Waals surface area contributed by atoms with Crippen LogP contribution in [0.5, 0.6) is 0 Å². The first-order chi connectivity index (χ1) is 6.67. The molecule has 0 radical (unpaired) electrons. The number of allylic oxidation sites excluding steroid dienone is 1. The molecule has 0 aliphatic rings. The Morgan fingerprint density at radius 3 is 2.86 bits per heavy atom. The van der Waals surface area contributed by atoms with Crippen LogP contribution >= 0.6 is 11.3 Å². The van der Waals surface area contributed by atoms with E-state index in [1.165, 1.54) is 22.3 Å². The van der Waals surface area contributed by atoms with E-state index >= 15 is 0 Å². The molecule has 0 atom stereocenters. The van der Waals surface area contributed by atoms with Gasteiger partial charge in [0, 0.05) is 4.88 Å². The summed E-state index contributed by atoms with van der Waals surface area (Å²) in [5.74, 6) is -0.121. The van der Waals surface area contributed by atoms with Crippen LogP contribution in [0, 0.1) is 6.92 Å². The fourth-order valence-corrected chi connectivity index (χ4v) is 2.01. The zero-order chi connectivity index (χ0) is 10.6. The van der Waals surface area contributed by atoms with E-state index in [2.05, 4.69) is 17.2 Å². The summed E-state index contributed by atoms with van der Waals surface area (Å²) in [5.41, 5.74) is 1.06. The molecule has 3 nitrogen and oxygen atoms in total. The maximum atomic E-state index is 11.2. The van der Waals surface area contributed by atoms with E-state index in [1.807, 2.05) is 13.8 Å². The summed E-state index contributed by atoms with van der Waals surface area (Å²) >= 11 is 1.52. The number of hydrogen-bond donors (Lipinski definition) is 1. The van der Waals surface area contributed by atoms with Crippen LogP contribution in [0.4, 0.5) is 5.13 Å². The van der Waals surface area contributed by atoms with Gasteiger partial charge < -0.3 is 0 Å². The Morgan fingerprint density at radius 1 is 1.64 bits per heavy atom. The topological polar surface area (TPSA) is 42.0 Å². The molecule has 0 spiro atoms. The summed E-state index contributed by atoms with van der Waals surface area (Å²) in [6.45, 7) is 5.88. The molecule has 1 heterocycles. The SMILES string of the molecule is CC=CC(=O)Nc1nc(CC)c(C)s1. The first-order valence-corrected chi connectivity index (χ1v) is 5.39. The Bertz CT molecular complexity index is 355. The first-order valence-electron chi connectivity index (χ1n) is 4.57. The zero-order valence-electron chi connectivity index (χ0n) is 8.63. The van der Waals surface area contributed by atoms with Gasteiger partial charge in [0.05, 0.1) is 5.69 Å². The Morgan fingerprint density at radius 2 is 2.36 bits per heavy atom. The number of thiazole rings is 1. The normalized spacial score (nSPS) is 10.8. The van der Waals surface area contributed by atoms with Gasteiger partial charge in [-0.15, -0.1) is 11.3 Å². The van der Waals surface area contributed by atoms with E-state index < -0.39 is 0 Å². The van der Waals surface area contributed by atoms with E-state index in [0.29, 0.717) is 5.13 Å². The van der Waals surface area contributed by atoms with Gasteiger partial charge in [0.1, 0.15) is 0 Å². The van der Waals surface area contributed by atoms with Crippen LogP contribution in [0.1, 0.15) is 24.4 Å². The maximum absolute atomic E-state index is 11.2. The number of aryl methyl sites for hydroxylation is 2. The highest BCUT2D eigenvalue weighted by atomic mass is 32.1. The number of amides is 1. The molecule has 0 saturated carbocycles. The van der Waals surface area contributed by atoms with Crippen LogP contribution in [-0.4, -0.2) is 10.9 Å².